The zero-order chi connectivity index (χ0) is 18.3. The van der Waals surface area contributed by atoms with E-state index in [1.165, 1.54) is 0 Å². The van der Waals surface area contributed by atoms with Gasteiger partial charge in [-0.05, 0) is 39.0 Å². The second-order valence-corrected chi connectivity index (χ2v) is 6.75. The number of hydrogen-bond acceptors (Lipinski definition) is 4. The smallest absolute Gasteiger partial charge is 0.328 e. The lowest BCUT2D eigenvalue weighted by Gasteiger charge is -2.20. The van der Waals surface area contributed by atoms with Crippen molar-refractivity contribution < 1.29 is 24.2 Å². The van der Waals surface area contributed by atoms with Gasteiger partial charge in [0.05, 0.1) is 4.47 Å². The highest BCUT2D eigenvalue weighted by Gasteiger charge is 2.15. The van der Waals surface area contributed by atoms with Crippen molar-refractivity contribution in [1.29, 1.82) is 0 Å². The topological polar surface area (TPSA) is 105 Å². The average molecular weight is 399 g/mol. The summed E-state index contributed by atoms with van der Waals surface area (Å²) >= 11 is 3.39. The summed E-state index contributed by atoms with van der Waals surface area (Å²) in [5, 5.41) is 8.37. The van der Waals surface area contributed by atoms with E-state index in [1.807, 2.05) is 17.6 Å². The van der Waals surface area contributed by atoms with Crippen LogP contribution in [0.4, 0.5) is 0 Å². The van der Waals surface area contributed by atoms with Gasteiger partial charge in [-0.3, -0.25) is 20.4 Å². The Bertz CT molecular complexity index is 665. The van der Waals surface area contributed by atoms with Crippen molar-refractivity contribution in [3.63, 3.8) is 0 Å². The molecule has 0 saturated carbocycles. The van der Waals surface area contributed by atoms with Crippen LogP contribution in [0, 0.1) is 0 Å². The zero-order valence-electron chi connectivity index (χ0n) is 13.6. The molecule has 24 heavy (non-hydrogen) atoms. The van der Waals surface area contributed by atoms with Gasteiger partial charge in [-0.15, -0.1) is 0 Å². The van der Waals surface area contributed by atoms with E-state index in [1.54, 1.807) is 6.07 Å². The van der Waals surface area contributed by atoms with Crippen LogP contribution in [-0.4, -0.2) is 29.5 Å². The summed E-state index contributed by atoms with van der Waals surface area (Å²) in [7, 11) is 0. The van der Waals surface area contributed by atoms with Gasteiger partial charge in [0.25, 0.3) is 11.8 Å². The Morgan fingerprint density at radius 3 is 2.42 bits per heavy atom. The van der Waals surface area contributed by atoms with Crippen LogP contribution in [0.3, 0.4) is 0 Å². The van der Waals surface area contributed by atoms with Gasteiger partial charge < -0.3 is 9.84 Å². The monoisotopic (exact) mass is 398 g/mol. The number of nitrogens with one attached hydrogen (secondary N) is 2. The SMILES string of the molecule is CC(C)(C)c1ccc(OCC(=O)NNC(=O)/C=C/C(=O)O)c(Br)c1. The van der Waals surface area contributed by atoms with Gasteiger partial charge in [-0.25, -0.2) is 4.79 Å². The van der Waals surface area contributed by atoms with Crippen molar-refractivity contribution in [3.05, 3.63) is 40.4 Å². The molecule has 2 amide bonds. The Kier molecular flexibility index (Phi) is 6.97. The van der Waals surface area contributed by atoms with Crippen LogP contribution in [0.15, 0.2) is 34.8 Å². The number of aliphatic carboxylic acids is 1. The quantitative estimate of drug-likeness (QED) is 0.518. The van der Waals surface area contributed by atoms with Crippen LogP contribution >= 0.6 is 15.9 Å². The second-order valence-electron chi connectivity index (χ2n) is 5.89. The number of ether oxygens (including phenoxy) is 1. The van der Waals surface area contributed by atoms with Crippen LogP contribution in [0.25, 0.3) is 0 Å². The zero-order valence-corrected chi connectivity index (χ0v) is 15.1. The molecule has 0 fully saturated rings. The first-order valence-electron chi connectivity index (χ1n) is 7.02. The minimum absolute atomic E-state index is 0.00776. The van der Waals surface area contributed by atoms with Gasteiger partial charge in [-0.1, -0.05) is 26.8 Å². The number of carbonyl (C=O) groups excluding carboxylic acids is 2. The van der Waals surface area contributed by atoms with Crippen LogP contribution in [0.5, 0.6) is 5.75 Å². The standard InChI is InChI=1S/C16H19BrN2O5/c1-16(2,3)10-4-5-12(11(17)8-10)24-9-14(21)19-18-13(20)6-7-15(22)23/h4-8H,9H2,1-3H3,(H,18,20)(H,19,21)(H,22,23)/b7-6+. The fraction of sp³-hybridized carbons (Fsp3) is 0.312. The van der Waals surface area contributed by atoms with Crippen molar-refractivity contribution >= 4 is 33.7 Å². The van der Waals surface area contributed by atoms with Crippen LogP contribution in [0.1, 0.15) is 26.3 Å². The van der Waals surface area contributed by atoms with E-state index < -0.39 is 17.8 Å². The first-order chi connectivity index (χ1) is 11.1. The third-order valence-corrected chi connectivity index (χ3v) is 3.48. The fourth-order valence-electron chi connectivity index (χ4n) is 1.58. The van der Waals surface area contributed by atoms with Crippen LogP contribution in [0.2, 0.25) is 0 Å². The van der Waals surface area contributed by atoms with Crippen LogP contribution in [-0.2, 0) is 19.8 Å². The summed E-state index contributed by atoms with van der Waals surface area (Å²) in [4.78, 5) is 33.0. The summed E-state index contributed by atoms with van der Waals surface area (Å²) in [5.41, 5.74) is 5.25. The molecule has 0 aliphatic heterocycles. The molecule has 0 atom stereocenters. The van der Waals surface area contributed by atoms with E-state index in [-0.39, 0.29) is 12.0 Å². The molecule has 1 aromatic rings. The first kappa shape index (κ1) is 19.7. The number of benzene rings is 1. The maximum Gasteiger partial charge on any atom is 0.328 e. The van der Waals surface area contributed by atoms with Crippen molar-refractivity contribution in [2.45, 2.75) is 26.2 Å². The van der Waals surface area contributed by atoms with Gasteiger partial charge in [-0.2, -0.15) is 0 Å². The Labute approximate surface area is 148 Å². The van der Waals surface area contributed by atoms with Crippen molar-refractivity contribution in [2.24, 2.45) is 0 Å². The van der Waals surface area contributed by atoms with Crippen molar-refractivity contribution in [3.8, 4) is 5.75 Å². The van der Waals surface area contributed by atoms with Crippen molar-refractivity contribution in [1.82, 2.24) is 10.9 Å². The molecule has 0 aromatic heterocycles. The summed E-state index contributed by atoms with van der Waals surface area (Å²) in [5.74, 6) is -2.11. The maximum atomic E-state index is 11.6. The lowest BCUT2D eigenvalue weighted by molar-refractivity contribution is -0.131. The summed E-state index contributed by atoms with van der Waals surface area (Å²) in [6.45, 7) is 5.95. The fourth-order valence-corrected chi connectivity index (χ4v) is 2.08. The van der Waals surface area contributed by atoms with Gasteiger partial charge in [0.15, 0.2) is 6.61 Å². The molecule has 0 aliphatic carbocycles. The van der Waals surface area contributed by atoms with Gasteiger partial charge in [0, 0.05) is 12.2 Å². The number of halogens is 1. The summed E-state index contributed by atoms with van der Waals surface area (Å²) in [6, 6.07) is 5.59. The highest BCUT2D eigenvalue weighted by molar-refractivity contribution is 9.10. The highest BCUT2D eigenvalue weighted by Crippen LogP contribution is 2.31. The number of rotatable bonds is 5. The van der Waals surface area contributed by atoms with Crippen molar-refractivity contribution in [2.75, 3.05) is 6.61 Å². The largest absolute Gasteiger partial charge is 0.483 e. The number of carboxylic acids is 1. The number of carboxylic acid groups (broad SMARTS) is 1. The number of carbonyl (C=O) groups is 3. The predicted molar refractivity (Wildman–Crippen MR) is 91.4 cm³/mol. The molecule has 8 heteroatoms. The summed E-state index contributed by atoms with van der Waals surface area (Å²) < 4.78 is 6.09. The molecule has 3 N–H and O–H groups in total. The third kappa shape index (κ3) is 6.82. The van der Waals surface area contributed by atoms with E-state index in [2.05, 4.69) is 42.1 Å². The van der Waals surface area contributed by atoms with Gasteiger partial charge in [0.2, 0.25) is 0 Å². The van der Waals surface area contributed by atoms with Gasteiger partial charge >= 0.3 is 5.97 Å². The van der Waals surface area contributed by atoms with E-state index in [0.717, 1.165) is 16.1 Å². The number of hydrazine groups is 1. The van der Waals surface area contributed by atoms with Crippen LogP contribution < -0.4 is 15.6 Å². The average Bonchev–Trinajstić information content (AvgIpc) is 2.48. The molecule has 1 aromatic carbocycles. The van der Waals surface area contributed by atoms with E-state index in [0.29, 0.717) is 11.8 Å². The molecule has 0 heterocycles. The molecule has 130 valence electrons. The Balaban J connectivity index is 2.50. The molecule has 0 saturated heterocycles. The third-order valence-electron chi connectivity index (χ3n) is 2.86. The molecule has 1 rings (SSSR count). The van der Waals surface area contributed by atoms with E-state index in [4.69, 9.17) is 9.84 Å². The molecule has 0 spiro atoms. The Morgan fingerprint density at radius 1 is 1.21 bits per heavy atom. The maximum absolute atomic E-state index is 11.6. The van der Waals surface area contributed by atoms with E-state index >= 15 is 0 Å². The highest BCUT2D eigenvalue weighted by atomic mass is 79.9. The number of amides is 2. The summed E-state index contributed by atoms with van der Waals surface area (Å²) in [6.07, 6.45) is 1.44. The molecular weight excluding hydrogens is 380 g/mol. The lowest BCUT2D eigenvalue weighted by atomic mass is 9.87. The molecule has 0 bridgehead atoms. The molecular formula is C16H19BrN2O5. The van der Waals surface area contributed by atoms with E-state index in [9.17, 15) is 14.4 Å². The normalized spacial score (nSPS) is 11.2. The Hall–Kier alpha value is -2.35. The molecule has 0 unspecified atom stereocenters. The minimum atomic E-state index is -1.26. The second kappa shape index (κ2) is 8.49. The number of hydrogen-bond donors (Lipinski definition) is 3. The molecule has 7 nitrogen and oxygen atoms in total. The first-order valence-corrected chi connectivity index (χ1v) is 7.81. The molecule has 0 aliphatic rings. The Morgan fingerprint density at radius 2 is 1.88 bits per heavy atom. The van der Waals surface area contributed by atoms with Gasteiger partial charge in [0.1, 0.15) is 5.75 Å². The minimum Gasteiger partial charge on any atom is -0.483 e. The predicted octanol–water partition coefficient (Wildman–Crippen LogP) is 1.91. The lowest BCUT2D eigenvalue weighted by Crippen LogP contribution is -2.43. The molecule has 0 radical (unpaired) electrons.